The van der Waals surface area contributed by atoms with Crippen LogP contribution >= 0.6 is 0 Å². The van der Waals surface area contributed by atoms with E-state index in [0.717, 1.165) is 0 Å². The Labute approximate surface area is 171 Å². The first-order valence-corrected chi connectivity index (χ1v) is 9.08. The van der Waals surface area contributed by atoms with Crippen LogP contribution in [0.1, 0.15) is 12.5 Å². The van der Waals surface area contributed by atoms with E-state index in [2.05, 4.69) is 5.32 Å². The number of amides is 1. The third-order valence-electron chi connectivity index (χ3n) is 4.29. The van der Waals surface area contributed by atoms with Crippen LogP contribution in [0.25, 0.3) is 0 Å². The maximum Gasteiger partial charge on any atom is 0.311 e. The third-order valence-corrected chi connectivity index (χ3v) is 4.29. The Morgan fingerprint density at radius 3 is 2.60 bits per heavy atom. The number of nitrogens with zero attached hydrogens (tertiary/aromatic N) is 1. The molecular formula is C20H20N2O8. The van der Waals surface area contributed by atoms with Crippen molar-refractivity contribution in [2.75, 3.05) is 25.6 Å². The van der Waals surface area contributed by atoms with Gasteiger partial charge in [-0.05, 0) is 36.8 Å². The van der Waals surface area contributed by atoms with Gasteiger partial charge >= 0.3 is 5.97 Å². The molecule has 2 aromatic carbocycles. The number of ether oxygens (including phenoxy) is 4. The summed E-state index contributed by atoms with van der Waals surface area (Å²) in [5.41, 5.74) is 0.278. The van der Waals surface area contributed by atoms with Crippen LogP contribution in [0.3, 0.4) is 0 Å². The van der Waals surface area contributed by atoms with Crippen molar-refractivity contribution in [3.63, 3.8) is 0 Å². The van der Waals surface area contributed by atoms with E-state index in [0.29, 0.717) is 30.3 Å². The van der Waals surface area contributed by atoms with Gasteiger partial charge in [0.25, 0.3) is 11.6 Å². The number of nitrogens with one attached hydrogen (secondary N) is 1. The van der Waals surface area contributed by atoms with Gasteiger partial charge in [0.05, 0.1) is 24.5 Å². The molecule has 0 radical (unpaired) electrons. The second-order valence-electron chi connectivity index (χ2n) is 6.42. The molecule has 1 atom stereocenters. The highest BCUT2D eigenvalue weighted by molar-refractivity contribution is 5.97. The molecular weight excluding hydrogens is 396 g/mol. The number of esters is 1. The molecule has 3 rings (SSSR count). The molecule has 1 aliphatic rings. The summed E-state index contributed by atoms with van der Waals surface area (Å²) >= 11 is 0. The van der Waals surface area contributed by atoms with Gasteiger partial charge in [-0.1, -0.05) is 6.07 Å². The standard InChI is InChI=1S/C20H20N2O8/c1-12(20(24)21-15-5-4-14(27-2)11-16(15)22(25)26)30-19(23)10-13-3-6-17-18(9-13)29-8-7-28-17/h3-6,9,11-12H,7-8,10H2,1-2H3,(H,21,24)/t12-/m0/s1. The molecule has 10 heteroatoms. The largest absolute Gasteiger partial charge is 0.496 e. The highest BCUT2D eigenvalue weighted by atomic mass is 16.6. The number of carbonyl (C=O) groups is 2. The summed E-state index contributed by atoms with van der Waals surface area (Å²) in [5.74, 6) is 0.104. The van der Waals surface area contributed by atoms with Gasteiger partial charge in [-0.15, -0.1) is 0 Å². The minimum atomic E-state index is -1.16. The second-order valence-corrected chi connectivity index (χ2v) is 6.42. The number of methoxy groups -OCH3 is 1. The van der Waals surface area contributed by atoms with Gasteiger partial charge in [0, 0.05) is 0 Å². The number of hydrogen-bond acceptors (Lipinski definition) is 8. The lowest BCUT2D eigenvalue weighted by Gasteiger charge is -2.19. The number of fused-ring (bicyclic) bond motifs is 1. The first kappa shape index (κ1) is 20.9. The van der Waals surface area contributed by atoms with Crippen LogP contribution in [0.5, 0.6) is 17.2 Å². The summed E-state index contributed by atoms with van der Waals surface area (Å²) in [6.45, 7) is 2.27. The van der Waals surface area contributed by atoms with Crippen molar-refractivity contribution in [3.8, 4) is 17.2 Å². The van der Waals surface area contributed by atoms with Crippen molar-refractivity contribution in [2.24, 2.45) is 0 Å². The van der Waals surface area contributed by atoms with E-state index in [1.165, 1.54) is 32.2 Å². The van der Waals surface area contributed by atoms with Crippen LogP contribution < -0.4 is 19.5 Å². The summed E-state index contributed by atoms with van der Waals surface area (Å²) in [4.78, 5) is 35.1. The lowest BCUT2D eigenvalue weighted by atomic mass is 10.1. The maximum absolute atomic E-state index is 12.3. The lowest BCUT2D eigenvalue weighted by molar-refractivity contribution is -0.384. The zero-order valence-corrected chi connectivity index (χ0v) is 16.4. The van der Waals surface area contributed by atoms with Crippen molar-refractivity contribution in [3.05, 3.63) is 52.1 Å². The molecule has 30 heavy (non-hydrogen) atoms. The highest BCUT2D eigenvalue weighted by Gasteiger charge is 2.23. The smallest absolute Gasteiger partial charge is 0.311 e. The van der Waals surface area contributed by atoms with Crippen molar-refractivity contribution in [1.29, 1.82) is 0 Å². The second kappa shape index (κ2) is 9.12. The van der Waals surface area contributed by atoms with Gasteiger partial charge in [-0.2, -0.15) is 0 Å². The van der Waals surface area contributed by atoms with Crippen molar-refractivity contribution in [1.82, 2.24) is 0 Å². The number of anilines is 1. The third kappa shape index (κ3) is 4.96. The van der Waals surface area contributed by atoms with E-state index in [-0.39, 0.29) is 23.5 Å². The van der Waals surface area contributed by atoms with Gasteiger partial charge in [-0.3, -0.25) is 19.7 Å². The van der Waals surface area contributed by atoms with Crippen LogP contribution in [0.2, 0.25) is 0 Å². The van der Waals surface area contributed by atoms with E-state index >= 15 is 0 Å². The fourth-order valence-electron chi connectivity index (χ4n) is 2.79. The molecule has 0 unspecified atom stereocenters. The molecule has 0 bridgehead atoms. The van der Waals surface area contributed by atoms with Crippen LogP contribution in [0.4, 0.5) is 11.4 Å². The first-order valence-electron chi connectivity index (χ1n) is 9.08. The predicted molar refractivity (Wildman–Crippen MR) is 105 cm³/mol. The molecule has 0 aromatic heterocycles. The Bertz CT molecular complexity index is 975. The molecule has 1 aliphatic heterocycles. The number of benzene rings is 2. The predicted octanol–water partition coefficient (Wildman–Crippen LogP) is 2.49. The minimum Gasteiger partial charge on any atom is -0.496 e. The van der Waals surface area contributed by atoms with Gasteiger partial charge < -0.3 is 24.3 Å². The van der Waals surface area contributed by atoms with Crippen molar-refractivity contribution >= 4 is 23.3 Å². The van der Waals surface area contributed by atoms with Crippen molar-refractivity contribution in [2.45, 2.75) is 19.4 Å². The molecule has 10 nitrogen and oxygen atoms in total. The van der Waals surface area contributed by atoms with E-state index in [1.54, 1.807) is 18.2 Å². The van der Waals surface area contributed by atoms with E-state index in [9.17, 15) is 19.7 Å². The topological polar surface area (TPSA) is 126 Å². The number of nitro benzene ring substituents is 1. The Hall–Kier alpha value is -3.82. The molecule has 1 heterocycles. The number of nitro groups is 1. The fraction of sp³-hybridized carbons (Fsp3) is 0.300. The van der Waals surface area contributed by atoms with E-state index in [4.69, 9.17) is 18.9 Å². The Morgan fingerprint density at radius 2 is 1.90 bits per heavy atom. The normalized spacial score (nSPS) is 13.1. The lowest BCUT2D eigenvalue weighted by Crippen LogP contribution is -2.30. The van der Waals surface area contributed by atoms with E-state index in [1.807, 2.05) is 0 Å². The fourth-order valence-corrected chi connectivity index (χ4v) is 2.79. The molecule has 0 spiro atoms. The average Bonchev–Trinajstić information content (AvgIpc) is 2.73. The van der Waals surface area contributed by atoms with Crippen LogP contribution in [0.15, 0.2) is 36.4 Å². The van der Waals surface area contributed by atoms with E-state index < -0.39 is 22.9 Å². The Kier molecular flexibility index (Phi) is 6.35. The molecule has 158 valence electrons. The summed E-state index contributed by atoms with van der Waals surface area (Å²) in [5, 5.41) is 13.6. The Balaban J connectivity index is 1.60. The first-order chi connectivity index (χ1) is 14.4. The van der Waals surface area contributed by atoms with Gasteiger partial charge in [0.15, 0.2) is 17.6 Å². The molecule has 0 fully saturated rings. The molecule has 0 saturated carbocycles. The molecule has 1 N–H and O–H groups in total. The molecule has 1 amide bonds. The van der Waals surface area contributed by atoms with Gasteiger partial charge in [0.1, 0.15) is 24.7 Å². The number of hydrogen-bond donors (Lipinski definition) is 1. The molecule has 0 saturated heterocycles. The van der Waals surface area contributed by atoms with Crippen LogP contribution in [-0.2, 0) is 20.7 Å². The summed E-state index contributed by atoms with van der Waals surface area (Å²) < 4.78 is 21.0. The SMILES string of the molecule is COc1ccc(NC(=O)[C@H](C)OC(=O)Cc2ccc3c(c2)OCCO3)c([N+](=O)[O-])c1. The average molecular weight is 416 g/mol. The highest BCUT2D eigenvalue weighted by Crippen LogP contribution is 2.31. The van der Waals surface area contributed by atoms with Gasteiger partial charge in [0.2, 0.25) is 0 Å². The van der Waals surface area contributed by atoms with Crippen LogP contribution in [-0.4, -0.2) is 43.2 Å². The Morgan fingerprint density at radius 1 is 1.17 bits per heavy atom. The van der Waals surface area contributed by atoms with Crippen molar-refractivity contribution < 1.29 is 33.5 Å². The zero-order valence-electron chi connectivity index (χ0n) is 16.4. The monoisotopic (exact) mass is 416 g/mol. The maximum atomic E-state index is 12.3. The van der Waals surface area contributed by atoms with Crippen LogP contribution in [0, 0.1) is 10.1 Å². The summed E-state index contributed by atoms with van der Waals surface area (Å²) in [6.07, 6.45) is -1.23. The summed E-state index contributed by atoms with van der Waals surface area (Å²) in [6, 6.07) is 9.10. The summed E-state index contributed by atoms with van der Waals surface area (Å²) in [7, 11) is 1.38. The minimum absolute atomic E-state index is 0.0273. The number of carbonyl (C=O) groups excluding carboxylic acids is 2. The van der Waals surface area contributed by atoms with Gasteiger partial charge in [-0.25, -0.2) is 0 Å². The quantitative estimate of drug-likeness (QED) is 0.414. The zero-order chi connectivity index (χ0) is 21.7. The molecule has 2 aromatic rings. The number of rotatable bonds is 7. The molecule has 0 aliphatic carbocycles.